The van der Waals surface area contributed by atoms with Gasteiger partial charge in [-0.15, -0.1) is 0 Å². The fraction of sp³-hybridized carbons (Fsp3) is 0.917. The van der Waals surface area contributed by atoms with E-state index in [0.717, 1.165) is 19.5 Å². The molecule has 1 amide bonds. The Bertz CT molecular complexity index is 182. The Hall–Kier alpha value is -0.570. The number of hydrazine groups is 1. The summed E-state index contributed by atoms with van der Waals surface area (Å²) in [5, 5.41) is 2.08. The number of unbranched alkanes of at least 4 members (excludes halogenated alkanes) is 5. The molecule has 3 heteroatoms. The number of nitrogens with zero attached hydrogens (tertiary/aromatic N) is 1. The molecule has 15 heavy (non-hydrogen) atoms. The van der Waals surface area contributed by atoms with Crippen molar-refractivity contribution in [3.63, 3.8) is 0 Å². The molecule has 0 atom stereocenters. The van der Waals surface area contributed by atoms with Crippen molar-refractivity contribution >= 4 is 5.91 Å². The van der Waals surface area contributed by atoms with Crippen molar-refractivity contribution in [1.82, 2.24) is 10.4 Å². The zero-order valence-electron chi connectivity index (χ0n) is 9.93. The molecule has 1 N–H and O–H groups in total. The number of rotatable bonds is 7. The Balaban J connectivity index is 1.92. The normalized spacial score (nSPS) is 17.8. The number of hydrogen-bond donors (Lipinski definition) is 1. The molecule has 1 aliphatic rings. The first-order valence-electron chi connectivity index (χ1n) is 6.37. The molecule has 0 unspecified atom stereocenters. The lowest BCUT2D eigenvalue weighted by Crippen LogP contribution is -2.47. The van der Waals surface area contributed by atoms with E-state index in [9.17, 15) is 4.79 Å². The maximum atomic E-state index is 11.1. The Morgan fingerprint density at radius 1 is 1.20 bits per heavy atom. The van der Waals surface area contributed by atoms with Gasteiger partial charge in [0.15, 0.2) is 0 Å². The van der Waals surface area contributed by atoms with E-state index in [2.05, 4.69) is 17.4 Å². The lowest BCUT2D eigenvalue weighted by atomic mass is 10.1. The predicted molar refractivity (Wildman–Crippen MR) is 62.3 cm³/mol. The van der Waals surface area contributed by atoms with Crippen LogP contribution in [0.15, 0.2) is 0 Å². The minimum atomic E-state index is 0.187. The van der Waals surface area contributed by atoms with Gasteiger partial charge in [-0.05, 0) is 12.8 Å². The molecular formula is C12H24N2O. The van der Waals surface area contributed by atoms with E-state index >= 15 is 0 Å². The molecule has 0 aliphatic carbocycles. The van der Waals surface area contributed by atoms with Crippen molar-refractivity contribution in [2.24, 2.45) is 0 Å². The summed E-state index contributed by atoms with van der Waals surface area (Å²) in [5.41, 5.74) is 2.91. The van der Waals surface area contributed by atoms with Crippen LogP contribution in [0.2, 0.25) is 0 Å². The summed E-state index contributed by atoms with van der Waals surface area (Å²) >= 11 is 0. The van der Waals surface area contributed by atoms with Gasteiger partial charge in [0.05, 0.1) is 0 Å². The third-order valence-corrected chi connectivity index (χ3v) is 2.90. The Labute approximate surface area is 93.2 Å². The summed E-state index contributed by atoms with van der Waals surface area (Å²) in [6.45, 7) is 4.29. The number of amides is 1. The van der Waals surface area contributed by atoms with Gasteiger partial charge in [0.25, 0.3) is 0 Å². The lowest BCUT2D eigenvalue weighted by molar-refractivity contribution is -0.128. The zero-order chi connectivity index (χ0) is 10.9. The number of nitrogens with one attached hydrogen (secondary N) is 1. The first kappa shape index (κ1) is 12.5. The molecule has 1 saturated heterocycles. The molecule has 0 radical (unpaired) electrons. The van der Waals surface area contributed by atoms with Crippen LogP contribution in [0.1, 0.15) is 58.3 Å². The van der Waals surface area contributed by atoms with Crippen LogP contribution < -0.4 is 5.43 Å². The van der Waals surface area contributed by atoms with Crippen LogP contribution in [0.25, 0.3) is 0 Å². The average molecular weight is 212 g/mol. The number of carbonyl (C=O) groups is 1. The van der Waals surface area contributed by atoms with Crippen molar-refractivity contribution in [3.05, 3.63) is 0 Å². The van der Waals surface area contributed by atoms with Crippen LogP contribution in [0, 0.1) is 0 Å². The molecule has 0 aromatic rings. The second-order valence-corrected chi connectivity index (χ2v) is 4.39. The fourth-order valence-corrected chi connectivity index (χ4v) is 1.97. The first-order valence-corrected chi connectivity index (χ1v) is 6.37. The Morgan fingerprint density at radius 2 is 1.93 bits per heavy atom. The maximum Gasteiger partial charge on any atom is 0.234 e. The highest BCUT2D eigenvalue weighted by atomic mass is 16.2. The van der Waals surface area contributed by atoms with E-state index in [4.69, 9.17) is 0 Å². The predicted octanol–water partition coefficient (Wildman–Crippen LogP) is 2.47. The molecule has 1 rings (SSSR count). The van der Waals surface area contributed by atoms with Gasteiger partial charge >= 0.3 is 0 Å². The summed E-state index contributed by atoms with van der Waals surface area (Å²) in [5.74, 6) is 0.187. The molecule has 88 valence electrons. The molecule has 0 saturated carbocycles. The zero-order valence-corrected chi connectivity index (χ0v) is 9.93. The van der Waals surface area contributed by atoms with Crippen molar-refractivity contribution in [2.75, 3.05) is 13.1 Å². The summed E-state index contributed by atoms with van der Waals surface area (Å²) in [6.07, 6.45) is 9.60. The van der Waals surface area contributed by atoms with Gasteiger partial charge in [0, 0.05) is 19.5 Å². The second kappa shape index (κ2) is 7.69. The molecule has 0 spiro atoms. The Kier molecular flexibility index (Phi) is 6.41. The minimum Gasteiger partial charge on any atom is -0.289 e. The van der Waals surface area contributed by atoms with Crippen molar-refractivity contribution in [1.29, 1.82) is 0 Å². The van der Waals surface area contributed by atoms with E-state index in [1.54, 1.807) is 0 Å². The molecular weight excluding hydrogens is 188 g/mol. The van der Waals surface area contributed by atoms with Gasteiger partial charge in [-0.25, -0.2) is 5.01 Å². The number of hydrogen-bond acceptors (Lipinski definition) is 2. The van der Waals surface area contributed by atoms with Crippen LogP contribution in [-0.2, 0) is 4.79 Å². The molecule has 1 aliphatic heterocycles. The van der Waals surface area contributed by atoms with Gasteiger partial charge in [-0.1, -0.05) is 39.0 Å². The van der Waals surface area contributed by atoms with Crippen LogP contribution >= 0.6 is 0 Å². The van der Waals surface area contributed by atoms with E-state index in [0.29, 0.717) is 6.42 Å². The van der Waals surface area contributed by atoms with Crippen molar-refractivity contribution in [3.8, 4) is 0 Å². The quantitative estimate of drug-likeness (QED) is 0.657. The SMILES string of the molecule is CCCCCCCCN1CCCC(=O)N1. The number of carbonyl (C=O) groups excluding carboxylic acids is 1. The topological polar surface area (TPSA) is 32.3 Å². The summed E-state index contributed by atoms with van der Waals surface area (Å²) in [7, 11) is 0. The fourth-order valence-electron chi connectivity index (χ4n) is 1.97. The molecule has 0 aromatic carbocycles. The average Bonchev–Trinajstić information content (AvgIpc) is 2.23. The largest absolute Gasteiger partial charge is 0.289 e. The highest BCUT2D eigenvalue weighted by molar-refractivity contribution is 5.75. The summed E-state index contributed by atoms with van der Waals surface area (Å²) < 4.78 is 0. The third kappa shape index (κ3) is 5.78. The Morgan fingerprint density at radius 3 is 2.67 bits per heavy atom. The maximum absolute atomic E-state index is 11.1. The highest BCUT2D eigenvalue weighted by Gasteiger charge is 2.14. The molecule has 1 fully saturated rings. The first-order chi connectivity index (χ1) is 7.33. The monoisotopic (exact) mass is 212 g/mol. The molecule has 3 nitrogen and oxygen atoms in total. The van der Waals surface area contributed by atoms with E-state index in [1.807, 2.05) is 0 Å². The van der Waals surface area contributed by atoms with E-state index < -0.39 is 0 Å². The van der Waals surface area contributed by atoms with Crippen molar-refractivity contribution < 1.29 is 4.79 Å². The second-order valence-electron chi connectivity index (χ2n) is 4.39. The van der Waals surface area contributed by atoms with E-state index in [1.165, 1.54) is 38.5 Å². The lowest BCUT2D eigenvalue weighted by Gasteiger charge is -2.26. The molecule has 0 aromatic heterocycles. The van der Waals surface area contributed by atoms with Crippen LogP contribution in [-0.4, -0.2) is 24.0 Å². The standard InChI is InChI=1S/C12H24N2O/c1-2-3-4-5-6-7-10-14-11-8-9-12(15)13-14/h2-11H2,1H3,(H,13,15). The van der Waals surface area contributed by atoms with Gasteiger partial charge in [0.2, 0.25) is 5.91 Å². The van der Waals surface area contributed by atoms with Crippen molar-refractivity contribution in [2.45, 2.75) is 58.3 Å². The van der Waals surface area contributed by atoms with Crippen LogP contribution in [0.5, 0.6) is 0 Å². The van der Waals surface area contributed by atoms with Gasteiger partial charge in [0.1, 0.15) is 0 Å². The molecule has 1 heterocycles. The highest BCUT2D eigenvalue weighted by Crippen LogP contribution is 2.07. The molecule has 0 bridgehead atoms. The summed E-state index contributed by atoms with van der Waals surface area (Å²) in [6, 6.07) is 0. The van der Waals surface area contributed by atoms with Gasteiger partial charge in [-0.3, -0.25) is 10.2 Å². The van der Waals surface area contributed by atoms with Gasteiger partial charge < -0.3 is 0 Å². The smallest absolute Gasteiger partial charge is 0.234 e. The van der Waals surface area contributed by atoms with Gasteiger partial charge in [-0.2, -0.15) is 0 Å². The van der Waals surface area contributed by atoms with Crippen LogP contribution in [0.4, 0.5) is 0 Å². The van der Waals surface area contributed by atoms with E-state index in [-0.39, 0.29) is 5.91 Å². The summed E-state index contributed by atoms with van der Waals surface area (Å²) in [4.78, 5) is 11.1. The third-order valence-electron chi connectivity index (χ3n) is 2.90. The van der Waals surface area contributed by atoms with Crippen LogP contribution in [0.3, 0.4) is 0 Å². The minimum absolute atomic E-state index is 0.187.